The Bertz CT molecular complexity index is 484. The highest BCUT2D eigenvalue weighted by atomic mass is 32.1. The number of nitriles is 1. The van der Waals surface area contributed by atoms with E-state index in [1.165, 1.54) is 0 Å². The molecule has 0 spiro atoms. The Morgan fingerprint density at radius 3 is 3.19 bits per heavy atom. The Morgan fingerprint density at radius 2 is 2.50 bits per heavy atom. The molecule has 0 bridgehead atoms. The zero-order valence-electron chi connectivity index (χ0n) is 8.88. The molecular weight excluding hydrogens is 222 g/mol. The average Bonchev–Trinajstić information content (AvgIpc) is 2.94. The van der Waals surface area contributed by atoms with Crippen molar-refractivity contribution in [1.29, 1.82) is 5.26 Å². The van der Waals surface area contributed by atoms with E-state index >= 15 is 0 Å². The molecule has 1 atom stereocenters. The Labute approximate surface area is 97.5 Å². The van der Waals surface area contributed by atoms with Gasteiger partial charge in [-0.2, -0.15) is 10.2 Å². The van der Waals surface area contributed by atoms with E-state index in [1.54, 1.807) is 11.3 Å². The Balaban J connectivity index is 2.11. The van der Waals surface area contributed by atoms with Gasteiger partial charge in [-0.15, -0.1) is 11.3 Å². The molecule has 0 aliphatic heterocycles. The Kier molecular flexibility index (Phi) is 3.32. The fourth-order valence-corrected chi connectivity index (χ4v) is 1.99. The molecule has 2 aromatic rings. The Morgan fingerprint density at radius 1 is 1.62 bits per heavy atom. The van der Waals surface area contributed by atoms with Crippen molar-refractivity contribution < 1.29 is 4.52 Å². The minimum atomic E-state index is 0.140. The van der Waals surface area contributed by atoms with E-state index in [9.17, 15) is 0 Å². The summed E-state index contributed by atoms with van der Waals surface area (Å²) in [5.41, 5.74) is 0. The molecule has 2 aromatic heterocycles. The van der Waals surface area contributed by atoms with E-state index in [0.717, 1.165) is 11.3 Å². The maximum Gasteiger partial charge on any atom is 0.229 e. The molecule has 0 saturated heterocycles. The molecule has 0 amide bonds. The smallest absolute Gasteiger partial charge is 0.229 e. The summed E-state index contributed by atoms with van der Waals surface area (Å²) in [6.07, 6.45) is 1.26. The first-order valence-corrected chi connectivity index (χ1v) is 5.93. The van der Waals surface area contributed by atoms with Gasteiger partial charge in [0.1, 0.15) is 0 Å². The molecular formula is C11H11N3OS. The van der Waals surface area contributed by atoms with Crippen molar-refractivity contribution >= 4 is 11.3 Å². The number of thiophene rings is 1. The number of hydrogen-bond donors (Lipinski definition) is 0. The average molecular weight is 233 g/mol. The lowest BCUT2D eigenvalue weighted by atomic mass is 10.1. The normalized spacial score (nSPS) is 12.2. The molecule has 0 aliphatic carbocycles. The van der Waals surface area contributed by atoms with Gasteiger partial charge in [-0.05, 0) is 17.9 Å². The molecule has 0 radical (unpaired) electrons. The largest absolute Gasteiger partial charge is 0.339 e. The molecule has 16 heavy (non-hydrogen) atoms. The SMILES string of the molecule is CC(CCC#N)c1nc(-c2cccs2)no1. The molecule has 2 rings (SSSR count). The van der Waals surface area contributed by atoms with Crippen molar-refractivity contribution in [3.8, 4) is 16.8 Å². The number of hydrogen-bond acceptors (Lipinski definition) is 5. The summed E-state index contributed by atoms with van der Waals surface area (Å²) in [5, 5.41) is 14.4. The first-order chi connectivity index (χ1) is 7.81. The second kappa shape index (κ2) is 4.90. The van der Waals surface area contributed by atoms with Gasteiger partial charge in [0.25, 0.3) is 0 Å². The molecule has 82 valence electrons. The minimum absolute atomic E-state index is 0.140. The van der Waals surface area contributed by atoms with Gasteiger partial charge in [0.2, 0.25) is 11.7 Å². The topological polar surface area (TPSA) is 62.7 Å². The van der Waals surface area contributed by atoms with Gasteiger partial charge in [-0.3, -0.25) is 0 Å². The molecule has 0 saturated carbocycles. The van der Waals surface area contributed by atoms with Crippen LogP contribution in [0.3, 0.4) is 0 Å². The van der Waals surface area contributed by atoms with Crippen molar-refractivity contribution in [2.75, 3.05) is 0 Å². The minimum Gasteiger partial charge on any atom is -0.339 e. The quantitative estimate of drug-likeness (QED) is 0.813. The molecule has 2 heterocycles. The van der Waals surface area contributed by atoms with Crippen LogP contribution in [-0.4, -0.2) is 10.1 Å². The van der Waals surface area contributed by atoms with Crippen LogP contribution in [0.25, 0.3) is 10.7 Å². The monoisotopic (exact) mass is 233 g/mol. The number of nitrogens with zero attached hydrogens (tertiary/aromatic N) is 3. The van der Waals surface area contributed by atoms with Crippen LogP contribution in [0.2, 0.25) is 0 Å². The van der Waals surface area contributed by atoms with Crippen molar-refractivity contribution in [2.24, 2.45) is 0 Å². The maximum absolute atomic E-state index is 8.50. The van der Waals surface area contributed by atoms with Crippen molar-refractivity contribution in [3.63, 3.8) is 0 Å². The van der Waals surface area contributed by atoms with Gasteiger partial charge in [-0.1, -0.05) is 18.1 Å². The van der Waals surface area contributed by atoms with Crippen LogP contribution in [0.5, 0.6) is 0 Å². The van der Waals surface area contributed by atoms with Crippen LogP contribution < -0.4 is 0 Å². The van der Waals surface area contributed by atoms with E-state index in [4.69, 9.17) is 9.78 Å². The van der Waals surface area contributed by atoms with Crippen LogP contribution in [0.1, 0.15) is 31.6 Å². The lowest BCUT2D eigenvalue weighted by molar-refractivity contribution is 0.355. The van der Waals surface area contributed by atoms with Gasteiger partial charge in [0.05, 0.1) is 10.9 Å². The van der Waals surface area contributed by atoms with E-state index < -0.39 is 0 Å². The first kappa shape index (κ1) is 10.8. The van der Waals surface area contributed by atoms with Crippen LogP contribution in [0.4, 0.5) is 0 Å². The molecule has 0 N–H and O–H groups in total. The van der Waals surface area contributed by atoms with E-state index in [1.807, 2.05) is 24.4 Å². The molecule has 1 unspecified atom stereocenters. The summed E-state index contributed by atoms with van der Waals surface area (Å²) >= 11 is 1.58. The third kappa shape index (κ3) is 2.28. The van der Waals surface area contributed by atoms with E-state index in [-0.39, 0.29) is 5.92 Å². The van der Waals surface area contributed by atoms with Crippen molar-refractivity contribution in [2.45, 2.75) is 25.7 Å². The second-order valence-electron chi connectivity index (χ2n) is 3.53. The predicted molar refractivity (Wildman–Crippen MR) is 60.9 cm³/mol. The molecule has 0 fully saturated rings. The summed E-state index contributed by atoms with van der Waals surface area (Å²) in [5.74, 6) is 1.38. The van der Waals surface area contributed by atoms with Crippen LogP contribution in [-0.2, 0) is 0 Å². The number of rotatable bonds is 4. The summed E-state index contributed by atoms with van der Waals surface area (Å²) in [7, 11) is 0. The molecule has 4 nitrogen and oxygen atoms in total. The maximum atomic E-state index is 8.50. The summed E-state index contributed by atoms with van der Waals surface area (Å²) < 4.78 is 5.18. The van der Waals surface area contributed by atoms with Gasteiger partial charge >= 0.3 is 0 Å². The van der Waals surface area contributed by atoms with Crippen molar-refractivity contribution in [1.82, 2.24) is 10.1 Å². The van der Waals surface area contributed by atoms with Crippen LogP contribution in [0.15, 0.2) is 22.0 Å². The first-order valence-electron chi connectivity index (χ1n) is 5.05. The van der Waals surface area contributed by atoms with Crippen LogP contribution in [0, 0.1) is 11.3 Å². The van der Waals surface area contributed by atoms with Gasteiger partial charge < -0.3 is 4.52 Å². The highest BCUT2D eigenvalue weighted by Crippen LogP contribution is 2.25. The van der Waals surface area contributed by atoms with Gasteiger partial charge in [0.15, 0.2) is 0 Å². The summed E-state index contributed by atoms with van der Waals surface area (Å²) in [6.45, 7) is 1.99. The van der Waals surface area contributed by atoms with Crippen LogP contribution >= 0.6 is 11.3 Å². The summed E-state index contributed by atoms with van der Waals surface area (Å²) in [4.78, 5) is 5.33. The summed E-state index contributed by atoms with van der Waals surface area (Å²) in [6, 6.07) is 6.03. The van der Waals surface area contributed by atoms with E-state index in [0.29, 0.717) is 18.1 Å². The lowest BCUT2D eigenvalue weighted by Gasteiger charge is -2.00. The third-order valence-corrected chi connectivity index (χ3v) is 3.16. The molecule has 0 aliphatic rings. The fourth-order valence-electron chi connectivity index (χ4n) is 1.35. The van der Waals surface area contributed by atoms with Gasteiger partial charge in [0, 0.05) is 12.3 Å². The predicted octanol–water partition coefficient (Wildman–Crippen LogP) is 3.21. The number of aromatic nitrogens is 2. The Hall–Kier alpha value is -1.67. The highest BCUT2D eigenvalue weighted by molar-refractivity contribution is 7.13. The third-order valence-electron chi connectivity index (χ3n) is 2.29. The zero-order valence-corrected chi connectivity index (χ0v) is 9.70. The zero-order chi connectivity index (χ0) is 11.4. The van der Waals surface area contributed by atoms with E-state index in [2.05, 4.69) is 16.2 Å². The highest BCUT2D eigenvalue weighted by Gasteiger charge is 2.15. The molecule has 0 aromatic carbocycles. The lowest BCUT2D eigenvalue weighted by Crippen LogP contribution is -1.93. The van der Waals surface area contributed by atoms with Gasteiger partial charge in [-0.25, -0.2) is 0 Å². The fraction of sp³-hybridized carbons (Fsp3) is 0.364. The molecule has 5 heteroatoms. The van der Waals surface area contributed by atoms with Crippen molar-refractivity contribution in [3.05, 3.63) is 23.4 Å². The second-order valence-corrected chi connectivity index (χ2v) is 4.48. The standard InChI is InChI=1S/C11H11N3OS/c1-8(4-2-6-12)11-13-10(14-15-11)9-5-3-7-16-9/h3,5,7-8H,2,4H2,1H3.